The van der Waals surface area contributed by atoms with E-state index in [0.717, 1.165) is 4.57 Å². The molecule has 3 aromatic carbocycles. The zero-order chi connectivity index (χ0) is 26.1. The summed E-state index contributed by atoms with van der Waals surface area (Å²) < 4.78 is 3.98. The van der Waals surface area contributed by atoms with Gasteiger partial charge in [-0.15, -0.1) is 0 Å². The number of fused-ring (bicyclic) bond motifs is 1. The molecule has 5 aromatic rings. The Morgan fingerprint density at radius 1 is 0.757 bits per heavy atom. The van der Waals surface area contributed by atoms with E-state index in [0.29, 0.717) is 46.2 Å². The van der Waals surface area contributed by atoms with E-state index in [2.05, 4.69) is 5.32 Å². The van der Waals surface area contributed by atoms with Crippen LogP contribution in [0, 0.1) is 0 Å². The maximum atomic E-state index is 14.2. The number of hydrogen-bond donors (Lipinski definition) is 1. The van der Waals surface area contributed by atoms with Gasteiger partial charge in [0.1, 0.15) is 11.0 Å². The molecule has 5 rings (SSSR count). The van der Waals surface area contributed by atoms with Gasteiger partial charge in [-0.2, -0.15) is 0 Å². The predicted molar refractivity (Wildman–Crippen MR) is 149 cm³/mol. The van der Waals surface area contributed by atoms with Crippen LogP contribution >= 0.6 is 11.6 Å². The molecule has 0 atom stereocenters. The molecular formula is C29H25ClN4O3. The highest BCUT2D eigenvalue weighted by atomic mass is 35.5. The lowest BCUT2D eigenvalue weighted by Gasteiger charge is -2.21. The fourth-order valence-corrected chi connectivity index (χ4v) is 4.73. The van der Waals surface area contributed by atoms with E-state index in [1.807, 2.05) is 31.2 Å². The summed E-state index contributed by atoms with van der Waals surface area (Å²) in [5.74, 6) is 0. The van der Waals surface area contributed by atoms with Crippen LogP contribution < -0.4 is 22.1 Å². The number of rotatable bonds is 6. The normalized spacial score (nSPS) is 11.1. The molecule has 0 saturated carbocycles. The summed E-state index contributed by atoms with van der Waals surface area (Å²) in [6, 6.07) is 24.8. The van der Waals surface area contributed by atoms with Crippen LogP contribution in [0.5, 0.6) is 0 Å². The standard InChI is InChI=1S/C29H25ClN4O3/c1-3-10-23-25(31-20-17-15-19(30)16-18-20)24-26(32(2)27(23)35)33(21-11-6-4-7-12-21)29(37)34(28(24)36)22-13-8-5-9-14-22/h4-9,11-18,31H,3,10H2,1-2H3. The molecule has 2 heterocycles. The van der Waals surface area contributed by atoms with Crippen LogP contribution in [0.25, 0.3) is 22.4 Å². The minimum absolute atomic E-state index is 0.217. The first-order chi connectivity index (χ1) is 17.9. The largest absolute Gasteiger partial charge is 0.354 e. The molecule has 0 spiro atoms. The van der Waals surface area contributed by atoms with Crippen molar-refractivity contribution >= 4 is 34.0 Å². The van der Waals surface area contributed by atoms with Crippen molar-refractivity contribution in [3.05, 3.63) is 127 Å². The predicted octanol–water partition coefficient (Wildman–Crippen LogP) is 5.19. The van der Waals surface area contributed by atoms with Crippen LogP contribution in [0.4, 0.5) is 11.4 Å². The van der Waals surface area contributed by atoms with Crippen molar-refractivity contribution in [2.24, 2.45) is 7.05 Å². The second-order valence-electron chi connectivity index (χ2n) is 8.73. The minimum Gasteiger partial charge on any atom is -0.354 e. The van der Waals surface area contributed by atoms with Crippen molar-refractivity contribution in [1.82, 2.24) is 13.7 Å². The Labute approximate surface area is 217 Å². The quantitative estimate of drug-likeness (QED) is 0.339. The lowest BCUT2D eigenvalue weighted by atomic mass is 10.1. The molecule has 7 nitrogen and oxygen atoms in total. The van der Waals surface area contributed by atoms with Gasteiger partial charge in [-0.05, 0) is 55.0 Å². The Hall–Kier alpha value is -4.36. The zero-order valence-corrected chi connectivity index (χ0v) is 21.2. The number of para-hydroxylation sites is 2. The monoisotopic (exact) mass is 512 g/mol. The Balaban J connectivity index is 2.01. The fraction of sp³-hybridized carbons (Fsp3) is 0.138. The smallest absolute Gasteiger partial charge is 0.341 e. The molecule has 0 unspecified atom stereocenters. The van der Waals surface area contributed by atoms with E-state index in [-0.39, 0.29) is 16.6 Å². The van der Waals surface area contributed by atoms with Gasteiger partial charge >= 0.3 is 5.69 Å². The van der Waals surface area contributed by atoms with E-state index in [1.165, 1.54) is 9.13 Å². The summed E-state index contributed by atoms with van der Waals surface area (Å²) in [4.78, 5) is 41.8. The number of benzene rings is 3. The number of aromatic nitrogens is 3. The average Bonchev–Trinajstić information content (AvgIpc) is 2.91. The van der Waals surface area contributed by atoms with Gasteiger partial charge in [0.05, 0.1) is 17.1 Å². The lowest BCUT2D eigenvalue weighted by molar-refractivity contribution is 0.770. The van der Waals surface area contributed by atoms with Gasteiger partial charge in [0.15, 0.2) is 0 Å². The average molecular weight is 513 g/mol. The van der Waals surface area contributed by atoms with E-state index in [4.69, 9.17) is 11.6 Å². The molecule has 0 aliphatic carbocycles. The molecule has 8 heteroatoms. The minimum atomic E-state index is -0.564. The second kappa shape index (κ2) is 9.95. The van der Waals surface area contributed by atoms with E-state index in [1.54, 1.807) is 67.7 Å². The summed E-state index contributed by atoms with van der Waals surface area (Å²) in [7, 11) is 1.60. The lowest BCUT2D eigenvalue weighted by Crippen LogP contribution is -2.41. The number of anilines is 2. The second-order valence-corrected chi connectivity index (χ2v) is 9.16. The number of halogens is 1. The van der Waals surface area contributed by atoms with Gasteiger partial charge in [0.25, 0.3) is 11.1 Å². The molecule has 0 radical (unpaired) electrons. The zero-order valence-electron chi connectivity index (χ0n) is 20.4. The molecule has 0 saturated heterocycles. The first-order valence-electron chi connectivity index (χ1n) is 12.0. The maximum absolute atomic E-state index is 14.2. The van der Waals surface area contributed by atoms with Crippen molar-refractivity contribution in [3.63, 3.8) is 0 Å². The van der Waals surface area contributed by atoms with E-state index < -0.39 is 11.2 Å². The Morgan fingerprint density at radius 2 is 1.32 bits per heavy atom. The number of pyridine rings is 1. The highest BCUT2D eigenvalue weighted by molar-refractivity contribution is 6.30. The molecule has 0 aliphatic rings. The first-order valence-corrected chi connectivity index (χ1v) is 12.4. The van der Waals surface area contributed by atoms with Crippen LogP contribution in [-0.4, -0.2) is 13.7 Å². The number of nitrogens with zero attached hydrogens (tertiary/aromatic N) is 3. The fourth-order valence-electron chi connectivity index (χ4n) is 4.60. The Morgan fingerprint density at radius 3 is 1.89 bits per heavy atom. The van der Waals surface area contributed by atoms with E-state index in [9.17, 15) is 14.4 Å². The summed E-state index contributed by atoms with van der Waals surface area (Å²) in [5, 5.41) is 4.12. The number of hydrogen-bond acceptors (Lipinski definition) is 4. The van der Waals surface area contributed by atoms with Gasteiger partial charge in [0, 0.05) is 23.3 Å². The third-order valence-corrected chi connectivity index (χ3v) is 6.56. The van der Waals surface area contributed by atoms with Crippen molar-refractivity contribution in [3.8, 4) is 11.4 Å². The summed E-state index contributed by atoms with van der Waals surface area (Å²) in [5.41, 5.74) is 1.38. The van der Waals surface area contributed by atoms with Gasteiger partial charge in [-0.3, -0.25) is 14.2 Å². The van der Waals surface area contributed by atoms with Crippen LogP contribution in [0.3, 0.4) is 0 Å². The van der Waals surface area contributed by atoms with Crippen molar-refractivity contribution in [2.75, 3.05) is 5.32 Å². The number of aryl methyl sites for hydroxylation is 1. The molecule has 186 valence electrons. The molecule has 2 aromatic heterocycles. The van der Waals surface area contributed by atoms with Crippen LogP contribution in [0.1, 0.15) is 18.9 Å². The summed E-state index contributed by atoms with van der Waals surface area (Å²) in [6.07, 6.45) is 1.15. The highest BCUT2D eigenvalue weighted by Crippen LogP contribution is 2.28. The molecule has 37 heavy (non-hydrogen) atoms. The van der Waals surface area contributed by atoms with Crippen molar-refractivity contribution in [2.45, 2.75) is 19.8 Å². The van der Waals surface area contributed by atoms with Gasteiger partial charge in [0.2, 0.25) is 0 Å². The Kier molecular flexibility index (Phi) is 6.54. The molecule has 0 fully saturated rings. The third-order valence-electron chi connectivity index (χ3n) is 6.31. The maximum Gasteiger partial charge on any atom is 0.341 e. The Bertz CT molecular complexity index is 1770. The van der Waals surface area contributed by atoms with Crippen molar-refractivity contribution in [1.29, 1.82) is 0 Å². The molecule has 0 amide bonds. The van der Waals surface area contributed by atoms with Crippen LogP contribution in [-0.2, 0) is 13.5 Å². The van der Waals surface area contributed by atoms with Crippen molar-refractivity contribution < 1.29 is 0 Å². The molecule has 0 bridgehead atoms. The number of nitrogens with one attached hydrogen (secondary N) is 1. The van der Waals surface area contributed by atoms with Gasteiger partial charge in [-0.25, -0.2) is 13.9 Å². The van der Waals surface area contributed by atoms with Gasteiger partial charge < -0.3 is 5.32 Å². The molecule has 1 N–H and O–H groups in total. The van der Waals surface area contributed by atoms with Gasteiger partial charge in [-0.1, -0.05) is 61.3 Å². The van der Waals surface area contributed by atoms with Crippen LogP contribution in [0.15, 0.2) is 99.3 Å². The summed E-state index contributed by atoms with van der Waals surface area (Å²) >= 11 is 6.08. The third kappa shape index (κ3) is 4.27. The summed E-state index contributed by atoms with van der Waals surface area (Å²) in [6.45, 7) is 1.98. The molecule has 0 aliphatic heterocycles. The first kappa shape index (κ1) is 24.3. The topological polar surface area (TPSA) is 78.0 Å². The highest BCUT2D eigenvalue weighted by Gasteiger charge is 2.25. The van der Waals surface area contributed by atoms with E-state index >= 15 is 0 Å². The SMILES string of the molecule is CCCc1c(Nc2ccc(Cl)cc2)c2c(=O)n(-c3ccccc3)c(=O)n(-c3ccccc3)c2n(C)c1=O. The van der Waals surface area contributed by atoms with Crippen LogP contribution in [0.2, 0.25) is 5.02 Å². The molecular weight excluding hydrogens is 488 g/mol.